The van der Waals surface area contributed by atoms with Gasteiger partial charge in [-0.15, -0.1) is 10.2 Å². The number of nitrogens with one attached hydrogen (secondary N) is 2. The van der Waals surface area contributed by atoms with Gasteiger partial charge in [0.25, 0.3) is 11.6 Å². The number of benzene rings is 2. The molecule has 0 bridgehead atoms. The second-order valence-electron chi connectivity index (χ2n) is 6.47. The quantitative estimate of drug-likeness (QED) is 0.398. The minimum absolute atomic E-state index is 0.180. The minimum atomic E-state index is -0.518. The summed E-state index contributed by atoms with van der Waals surface area (Å²) < 4.78 is 1.89. The van der Waals surface area contributed by atoms with Crippen molar-refractivity contribution in [2.24, 2.45) is 0 Å². The van der Waals surface area contributed by atoms with Crippen LogP contribution >= 0.6 is 11.6 Å². The molecule has 156 valence electrons. The van der Waals surface area contributed by atoms with E-state index in [9.17, 15) is 14.9 Å². The van der Waals surface area contributed by atoms with E-state index >= 15 is 0 Å². The summed E-state index contributed by atoms with van der Waals surface area (Å²) in [6, 6.07) is 11.6. The van der Waals surface area contributed by atoms with Gasteiger partial charge in [-0.1, -0.05) is 29.8 Å². The highest BCUT2D eigenvalue weighted by Gasteiger charge is 2.18. The van der Waals surface area contributed by atoms with Crippen LogP contribution in [0.3, 0.4) is 0 Å². The second kappa shape index (κ2) is 9.84. The molecule has 0 atom stereocenters. The number of hydrogen-bond donors (Lipinski definition) is 2. The second-order valence-corrected chi connectivity index (χ2v) is 6.88. The topological polar surface area (TPSA) is 115 Å². The van der Waals surface area contributed by atoms with Crippen molar-refractivity contribution in [2.45, 2.75) is 26.4 Å². The van der Waals surface area contributed by atoms with E-state index < -0.39 is 10.8 Å². The van der Waals surface area contributed by atoms with E-state index in [1.807, 2.05) is 29.7 Å². The SMILES string of the molecule is CCn1cnnc1CCNC(=O)c1ccc(NCc2ccccc2Cl)c([N+](=O)[O-])c1. The van der Waals surface area contributed by atoms with Crippen LogP contribution < -0.4 is 10.6 Å². The lowest BCUT2D eigenvalue weighted by Crippen LogP contribution is -2.26. The molecule has 2 N–H and O–H groups in total. The van der Waals surface area contributed by atoms with Crippen LogP contribution in [0.5, 0.6) is 0 Å². The first-order valence-corrected chi connectivity index (χ1v) is 9.78. The lowest BCUT2D eigenvalue weighted by molar-refractivity contribution is -0.384. The van der Waals surface area contributed by atoms with Gasteiger partial charge in [0, 0.05) is 42.7 Å². The van der Waals surface area contributed by atoms with E-state index in [0.717, 1.165) is 17.9 Å². The lowest BCUT2D eigenvalue weighted by atomic mass is 10.1. The summed E-state index contributed by atoms with van der Waals surface area (Å²) in [5.74, 6) is 0.376. The zero-order valence-corrected chi connectivity index (χ0v) is 17.1. The number of rotatable bonds is 9. The maximum Gasteiger partial charge on any atom is 0.293 e. The third-order valence-electron chi connectivity index (χ3n) is 4.55. The van der Waals surface area contributed by atoms with Crippen LogP contribution in [0.1, 0.15) is 28.7 Å². The standard InChI is InChI=1S/C20H21ClN6O3/c1-2-26-13-24-25-19(26)9-10-22-20(28)14-7-8-17(18(11-14)27(29)30)23-12-15-5-3-4-6-16(15)21/h3-8,11,13,23H,2,9-10,12H2,1H3,(H,22,28). The number of aromatic nitrogens is 3. The number of aryl methyl sites for hydroxylation is 1. The molecule has 1 amide bonds. The van der Waals surface area contributed by atoms with E-state index in [1.165, 1.54) is 12.1 Å². The van der Waals surface area contributed by atoms with Gasteiger partial charge in [-0.05, 0) is 30.7 Å². The molecule has 0 spiro atoms. The summed E-state index contributed by atoms with van der Waals surface area (Å²) in [7, 11) is 0. The Hall–Kier alpha value is -3.46. The van der Waals surface area contributed by atoms with Gasteiger partial charge in [0.15, 0.2) is 0 Å². The Kier molecular flexibility index (Phi) is 6.97. The summed E-state index contributed by atoms with van der Waals surface area (Å²) in [6.45, 7) is 3.39. The third kappa shape index (κ3) is 5.12. The van der Waals surface area contributed by atoms with Crippen molar-refractivity contribution in [1.82, 2.24) is 20.1 Å². The van der Waals surface area contributed by atoms with E-state index in [-0.39, 0.29) is 11.3 Å². The molecule has 10 heteroatoms. The monoisotopic (exact) mass is 428 g/mol. The Morgan fingerprint density at radius 1 is 1.27 bits per heavy atom. The van der Waals surface area contributed by atoms with Crippen LogP contribution in [0.25, 0.3) is 0 Å². The average molecular weight is 429 g/mol. The highest BCUT2D eigenvalue weighted by atomic mass is 35.5. The molecule has 9 nitrogen and oxygen atoms in total. The Morgan fingerprint density at radius 2 is 2.07 bits per heavy atom. The van der Waals surface area contributed by atoms with Gasteiger partial charge in [0.05, 0.1) is 4.92 Å². The number of nitrogens with zero attached hydrogens (tertiary/aromatic N) is 4. The number of carbonyl (C=O) groups excluding carboxylic acids is 1. The van der Waals surface area contributed by atoms with Crippen LogP contribution in [0, 0.1) is 10.1 Å². The van der Waals surface area contributed by atoms with Crippen LogP contribution in [-0.4, -0.2) is 32.1 Å². The number of hydrogen-bond acceptors (Lipinski definition) is 6. The van der Waals surface area contributed by atoms with Gasteiger partial charge in [-0.2, -0.15) is 0 Å². The smallest absolute Gasteiger partial charge is 0.293 e. The number of nitro benzene ring substituents is 1. The summed E-state index contributed by atoms with van der Waals surface area (Å²) in [5.41, 5.74) is 1.16. The van der Waals surface area contributed by atoms with E-state index in [2.05, 4.69) is 20.8 Å². The number of anilines is 1. The fraction of sp³-hybridized carbons (Fsp3) is 0.250. The first kappa shape index (κ1) is 21.3. The van der Waals surface area contributed by atoms with Crippen molar-refractivity contribution in [3.05, 3.63) is 80.9 Å². The van der Waals surface area contributed by atoms with Crippen LogP contribution in [0.15, 0.2) is 48.8 Å². The molecule has 0 aliphatic heterocycles. The zero-order valence-electron chi connectivity index (χ0n) is 16.3. The summed E-state index contributed by atoms with van der Waals surface area (Å²) in [6.07, 6.45) is 2.15. The normalized spacial score (nSPS) is 10.6. The van der Waals surface area contributed by atoms with Gasteiger partial charge >= 0.3 is 0 Å². The van der Waals surface area contributed by atoms with Crippen LogP contribution in [0.2, 0.25) is 5.02 Å². The molecule has 3 aromatic rings. The van der Waals surface area contributed by atoms with Crippen LogP contribution in [0.4, 0.5) is 11.4 Å². The highest BCUT2D eigenvalue weighted by Crippen LogP contribution is 2.27. The van der Waals surface area contributed by atoms with Crippen molar-refractivity contribution in [1.29, 1.82) is 0 Å². The number of carbonyl (C=O) groups is 1. The van der Waals surface area contributed by atoms with Gasteiger partial charge in [0.2, 0.25) is 0 Å². The van der Waals surface area contributed by atoms with Crippen molar-refractivity contribution in [3.8, 4) is 0 Å². The zero-order chi connectivity index (χ0) is 21.5. The Balaban J connectivity index is 1.65. The molecule has 0 aliphatic rings. The van der Waals surface area contributed by atoms with Crippen molar-refractivity contribution >= 4 is 28.9 Å². The number of amides is 1. The van der Waals surface area contributed by atoms with Crippen molar-refractivity contribution < 1.29 is 9.72 Å². The Labute approximate surface area is 178 Å². The molecule has 0 fully saturated rings. The molecular weight excluding hydrogens is 408 g/mol. The van der Waals surface area contributed by atoms with E-state index in [4.69, 9.17) is 11.6 Å². The molecule has 2 aromatic carbocycles. The first-order chi connectivity index (χ1) is 14.5. The number of halogens is 1. The molecule has 1 heterocycles. The maximum atomic E-state index is 12.4. The summed E-state index contributed by atoms with van der Waals surface area (Å²) in [4.78, 5) is 23.4. The van der Waals surface area contributed by atoms with Gasteiger partial charge in [-0.25, -0.2) is 0 Å². The summed E-state index contributed by atoms with van der Waals surface area (Å²) in [5, 5.41) is 25.7. The molecule has 1 aromatic heterocycles. The van der Waals surface area contributed by atoms with E-state index in [0.29, 0.717) is 30.2 Å². The molecule has 0 aliphatic carbocycles. The third-order valence-corrected chi connectivity index (χ3v) is 4.92. The first-order valence-electron chi connectivity index (χ1n) is 9.40. The summed E-state index contributed by atoms with van der Waals surface area (Å²) >= 11 is 6.13. The van der Waals surface area contributed by atoms with Gasteiger partial charge in [-0.3, -0.25) is 14.9 Å². The number of nitro groups is 1. The Morgan fingerprint density at radius 3 is 2.80 bits per heavy atom. The molecule has 0 unspecified atom stereocenters. The van der Waals surface area contributed by atoms with Gasteiger partial charge < -0.3 is 15.2 Å². The predicted octanol–water partition coefficient (Wildman–Crippen LogP) is 3.44. The molecule has 3 rings (SSSR count). The van der Waals surface area contributed by atoms with Crippen LogP contribution in [-0.2, 0) is 19.5 Å². The average Bonchev–Trinajstić information content (AvgIpc) is 3.20. The predicted molar refractivity (Wildman–Crippen MR) is 114 cm³/mol. The molecule has 0 saturated heterocycles. The molecular formula is C20H21ClN6O3. The minimum Gasteiger partial charge on any atom is -0.375 e. The van der Waals surface area contributed by atoms with Crippen molar-refractivity contribution in [2.75, 3.05) is 11.9 Å². The highest BCUT2D eigenvalue weighted by molar-refractivity contribution is 6.31. The van der Waals surface area contributed by atoms with Gasteiger partial charge in [0.1, 0.15) is 17.8 Å². The molecule has 0 saturated carbocycles. The largest absolute Gasteiger partial charge is 0.375 e. The molecule has 30 heavy (non-hydrogen) atoms. The Bertz CT molecular complexity index is 1050. The maximum absolute atomic E-state index is 12.4. The molecule has 0 radical (unpaired) electrons. The van der Waals surface area contributed by atoms with Crippen molar-refractivity contribution in [3.63, 3.8) is 0 Å². The fourth-order valence-corrected chi connectivity index (χ4v) is 3.13. The fourth-order valence-electron chi connectivity index (χ4n) is 2.93. The van der Waals surface area contributed by atoms with E-state index in [1.54, 1.807) is 18.5 Å². The lowest BCUT2D eigenvalue weighted by Gasteiger charge is -2.10.